The summed E-state index contributed by atoms with van der Waals surface area (Å²) in [6.07, 6.45) is 1.07. The van der Waals surface area contributed by atoms with Gasteiger partial charge in [-0.2, -0.15) is 0 Å². The van der Waals surface area contributed by atoms with Crippen molar-refractivity contribution >= 4 is 27.5 Å². The number of aryl methyl sites for hydroxylation is 2. The number of carbonyl (C=O) groups excluding carboxylic acids is 2. The van der Waals surface area contributed by atoms with Crippen molar-refractivity contribution in [2.24, 2.45) is 5.92 Å². The molecule has 236 valence electrons. The standard InChI is InChI=1S/C37H43N3O4S/c1-5-30-20-22-33(23-21-30)40(45(43,44)34-14-10-7-11-15-34)27-36(41)39(26-32-18-16-29(4)17-19-32)35(37(42)38-25-28(2)3)24-31-12-8-6-9-13-31/h6-23,28,35H,5,24-27H2,1-4H3,(H,38,42)/t35-/m1/s1. The van der Waals surface area contributed by atoms with E-state index in [0.717, 1.165) is 33.0 Å². The molecule has 4 rings (SSSR count). The van der Waals surface area contributed by atoms with Crippen LogP contribution in [0, 0.1) is 12.8 Å². The van der Waals surface area contributed by atoms with Gasteiger partial charge >= 0.3 is 0 Å². The molecule has 4 aromatic carbocycles. The van der Waals surface area contributed by atoms with Gasteiger partial charge < -0.3 is 10.2 Å². The van der Waals surface area contributed by atoms with E-state index in [1.165, 1.54) is 17.0 Å². The lowest BCUT2D eigenvalue weighted by Crippen LogP contribution is -2.53. The fourth-order valence-corrected chi connectivity index (χ4v) is 6.45. The van der Waals surface area contributed by atoms with E-state index in [-0.39, 0.29) is 29.7 Å². The van der Waals surface area contributed by atoms with Crippen LogP contribution in [0.3, 0.4) is 0 Å². The van der Waals surface area contributed by atoms with Crippen molar-refractivity contribution in [2.75, 3.05) is 17.4 Å². The van der Waals surface area contributed by atoms with Gasteiger partial charge in [-0.15, -0.1) is 0 Å². The summed E-state index contributed by atoms with van der Waals surface area (Å²) in [5, 5.41) is 3.02. The molecule has 0 bridgehead atoms. The molecular weight excluding hydrogens is 582 g/mol. The monoisotopic (exact) mass is 625 g/mol. The Balaban J connectivity index is 1.78. The second-order valence-corrected chi connectivity index (χ2v) is 13.6. The summed E-state index contributed by atoms with van der Waals surface area (Å²) < 4.78 is 29.3. The summed E-state index contributed by atoms with van der Waals surface area (Å²) in [5.74, 6) is -0.543. The van der Waals surface area contributed by atoms with Crippen LogP contribution in [-0.2, 0) is 39.0 Å². The van der Waals surface area contributed by atoms with Gasteiger partial charge in [-0.25, -0.2) is 8.42 Å². The van der Waals surface area contributed by atoms with Crippen molar-refractivity contribution in [3.05, 3.63) is 131 Å². The molecule has 0 heterocycles. The highest BCUT2D eigenvalue weighted by atomic mass is 32.2. The molecule has 45 heavy (non-hydrogen) atoms. The number of benzene rings is 4. The summed E-state index contributed by atoms with van der Waals surface area (Å²) in [6, 6.07) is 31.8. The third-order valence-electron chi connectivity index (χ3n) is 7.67. The molecule has 0 aliphatic heterocycles. The van der Waals surface area contributed by atoms with E-state index < -0.39 is 28.5 Å². The second-order valence-electron chi connectivity index (χ2n) is 11.7. The smallest absolute Gasteiger partial charge is 0.264 e. The van der Waals surface area contributed by atoms with Gasteiger partial charge in [0, 0.05) is 19.5 Å². The van der Waals surface area contributed by atoms with Gasteiger partial charge in [-0.05, 0) is 60.2 Å². The van der Waals surface area contributed by atoms with Gasteiger partial charge in [0.2, 0.25) is 11.8 Å². The van der Waals surface area contributed by atoms with E-state index in [1.54, 1.807) is 30.3 Å². The minimum absolute atomic E-state index is 0.0814. The van der Waals surface area contributed by atoms with Crippen LogP contribution in [-0.4, -0.2) is 44.3 Å². The molecule has 0 aliphatic carbocycles. The average molecular weight is 626 g/mol. The maximum atomic E-state index is 14.5. The topological polar surface area (TPSA) is 86.8 Å². The Morgan fingerprint density at radius 1 is 0.756 bits per heavy atom. The largest absolute Gasteiger partial charge is 0.354 e. The van der Waals surface area contributed by atoms with Crippen molar-refractivity contribution < 1.29 is 18.0 Å². The first-order chi connectivity index (χ1) is 21.6. The van der Waals surface area contributed by atoms with Crippen LogP contribution >= 0.6 is 0 Å². The summed E-state index contributed by atoms with van der Waals surface area (Å²) in [5.41, 5.74) is 4.24. The van der Waals surface area contributed by atoms with Crippen LogP contribution in [0.15, 0.2) is 114 Å². The Labute approximate surface area is 268 Å². The van der Waals surface area contributed by atoms with Gasteiger partial charge in [0.1, 0.15) is 12.6 Å². The molecule has 8 heteroatoms. The molecule has 1 N–H and O–H groups in total. The zero-order valence-electron chi connectivity index (χ0n) is 26.5. The molecule has 4 aromatic rings. The van der Waals surface area contributed by atoms with Gasteiger partial charge in [-0.3, -0.25) is 13.9 Å². The number of nitrogens with zero attached hydrogens (tertiary/aromatic N) is 2. The van der Waals surface area contributed by atoms with Gasteiger partial charge in [-0.1, -0.05) is 111 Å². The van der Waals surface area contributed by atoms with Crippen LogP contribution in [0.4, 0.5) is 5.69 Å². The van der Waals surface area contributed by atoms with Crippen LogP contribution in [0.1, 0.15) is 43.0 Å². The van der Waals surface area contributed by atoms with E-state index in [1.807, 2.05) is 94.4 Å². The number of sulfonamides is 1. The van der Waals surface area contributed by atoms with Gasteiger partial charge in [0.25, 0.3) is 10.0 Å². The zero-order valence-corrected chi connectivity index (χ0v) is 27.3. The molecule has 0 saturated heterocycles. The Kier molecular flexibility index (Phi) is 11.5. The van der Waals surface area contributed by atoms with E-state index in [4.69, 9.17) is 0 Å². The predicted molar refractivity (Wildman–Crippen MR) is 180 cm³/mol. The average Bonchev–Trinajstić information content (AvgIpc) is 3.05. The molecule has 2 amide bonds. The molecule has 0 unspecified atom stereocenters. The van der Waals surface area contributed by atoms with E-state index >= 15 is 0 Å². The van der Waals surface area contributed by atoms with E-state index in [9.17, 15) is 18.0 Å². The molecule has 0 fully saturated rings. The lowest BCUT2D eigenvalue weighted by atomic mass is 10.0. The van der Waals surface area contributed by atoms with Crippen LogP contribution in [0.2, 0.25) is 0 Å². The molecule has 0 saturated carbocycles. The lowest BCUT2D eigenvalue weighted by Gasteiger charge is -2.34. The molecule has 7 nitrogen and oxygen atoms in total. The van der Waals surface area contributed by atoms with Crippen LogP contribution < -0.4 is 9.62 Å². The summed E-state index contributed by atoms with van der Waals surface area (Å²) in [6.45, 7) is 8.15. The van der Waals surface area contributed by atoms with Gasteiger partial charge in [0.15, 0.2) is 0 Å². The minimum atomic E-state index is -4.12. The highest BCUT2D eigenvalue weighted by molar-refractivity contribution is 7.92. The first-order valence-corrected chi connectivity index (χ1v) is 16.9. The first-order valence-electron chi connectivity index (χ1n) is 15.4. The Morgan fingerprint density at radius 3 is 1.91 bits per heavy atom. The Bertz CT molecular complexity index is 1640. The molecular formula is C37H43N3O4S. The van der Waals surface area contributed by atoms with Crippen LogP contribution in [0.5, 0.6) is 0 Å². The van der Waals surface area contributed by atoms with Crippen molar-refractivity contribution in [3.8, 4) is 0 Å². The Hall–Kier alpha value is -4.43. The van der Waals surface area contributed by atoms with Gasteiger partial charge in [0.05, 0.1) is 10.6 Å². The second kappa shape index (κ2) is 15.5. The highest BCUT2D eigenvalue weighted by Crippen LogP contribution is 2.26. The number of hydrogen-bond acceptors (Lipinski definition) is 4. The number of anilines is 1. The quantitative estimate of drug-likeness (QED) is 0.182. The Morgan fingerprint density at radius 2 is 1.33 bits per heavy atom. The fourth-order valence-electron chi connectivity index (χ4n) is 5.01. The van der Waals surface area contributed by atoms with Crippen molar-refractivity contribution in [2.45, 2.75) is 58.0 Å². The summed E-state index contributed by atoms with van der Waals surface area (Å²) >= 11 is 0. The van der Waals surface area contributed by atoms with Crippen molar-refractivity contribution in [1.82, 2.24) is 10.2 Å². The third kappa shape index (κ3) is 9.05. The molecule has 0 spiro atoms. The maximum Gasteiger partial charge on any atom is 0.264 e. The fraction of sp³-hybridized carbons (Fsp3) is 0.297. The lowest BCUT2D eigenvalue weighted by molar-refractivity contribution is -0.140. The molecule has 1 atom stereocenters. The SMILES string of the molecule is CCc1ccc(N(CC(=O)N(Cc2ccc(C)cc2)[C@H](Cc2ccccc2)C(=O)NCC(C)C)S(=O)(=O)c2ccccc2)cc1. The number of rotatable bonds is 14. The molecule has 0 radical (unpaired) electrons. The minimum Gasteiger partial charge on any atom is -0.354 e. The zero-order chi connectivity index (χ0) is 32.4. The van der Waals surface area contributed by atoms with Crippen LogP contribution in [0.25, 0.3) is 0 Å². The number of carbonyl (C=O) groups is 2. The maximum absolute atomic E-state index is 14.5. The number of hydrogen-bond donors (Lipinski definition) is 1. The van der Waals surface area contributed by atoms with E-state index in [2.05, 4.69) is 5.32 Å². The molecule has 0 aromatic heterocycles. The normalized spacial score (nSPS) is 12.0. The van der Waals surface area contributed by atoms with E-state index in [0.29, 0.717) is 12.2 Å². The van der Waals surface area contributed by atoms with Crippen molar-refractivity contribution in [3.63, 3.8) is 0 Å². The number of nitrogens with one attached hydrogen (secondary N) is 1. The number of amides is 2. The first kappa shape index (κ1) is 33.5. The third-order valence-corrected chi connectivity index (χ3v) is 9.46. The summed E-state index contributed by atoms with van der Waals surface area (Å²) in [7, 11) is -4.12. The predicted octanol–water partition coefficient (Wildman–Crippen LogP) is 6.17. The summed E-state index contributed by atoms with van der Waals surface area (Å²) in [4.78, 5) is 30.0. The highest BCUT2D eigenvalue weighted by Gasteiger charge is 2.34. The van der Waals surface area contributed by atoms with Crippen molar-refractivity contribution in [1.29, 1.82) is 0 Å². The molecule has 0 aliphatic rings.